The van der Waals surface area contributed by atoms with Gasteiger partial charge in [0.05, 0.1) is 11.3 Å². The lowest BCUT2D eigenvalue weighted by Gasteiger charge is -2.18. The molecule has 2 atom stereocenters. The summed E-state index contributed by atoms with van der Waals surface area (Å²) in [5.41, 5.74) is 0.437. The molecule has 0 N–H and O–H groups in total. The first kappa shape index (κ1) is 11.6. The van der Waals surface area contributed by atoms with Crippen molar-refractivity contribution in [3.63, 3.8) is 0 Å². The van der Waals surface area contributed by atoms with Crippen LogP contribution in [0.1, 0.15) is 18.9 Å². The molecular formula is C17H15NO2. The third kappa shape index (κ3) is 1.25. The van der Waals surface area contributed by atoms with E-state index in [0.717, 1.165) is 16.3 Å². The molecule has 3 heteroatoms. The van der Waals surface area contributed by atoms with Crippen LogP contribution in [0.15, 0.2) is 42.5 Å². The fraction of sp³-hybridized carbons (Fsp3) is 0.294. The Morgan fingerprint density at radius 3 is 2.60 bits per heavy atom. The topological polar surface area (TPSA) is 37.4 Å². The van der Waals surface area contributed by atoms with Crippen LogP contribution in [0.5, 0.6) is 0 Å². The minimum atomic E-state index is -0.558. The summed E-state index contributed by atoms with van der Waals surface area (Å²) in [5.74, 6) is -0.132. The molecule has 1 aliphatic carbocycles. The second kappa shape index (κ2) is 3.69. The van der Waals surface area contributed by atoms with Gasteiger partial charge in [-0.3, -0.25) is 14.5 Å². The smallest absolute Gasteiger partial charge is 0.240 e. The molecule has 2 fully saturated rings. The highest BCUT2D eigenvalue weighted by Crippen LogP contribution is 2.60. The van der Waals surface area contributed by atoms with E-state index < -0.39 is 5.41 Å². The van der Waals surface area contributed by atoms with Gasteiger partial charge in [0.15, 0.2) is 0 Å². The fourth-order valence-electron chi connectivity index (χ4n) is 3.54. The Labute approximate surface area is 117 Å². The number of carbonyl (C=O) groups excluding carboxylic acids is 2. The van der Waals surface area contributed by atoms with Gasteiger partial charge in [-0.1, -0.05) is 42.5 Å². The summed E-state index contributed by atoms with van der Waals surface area (Å²) in [6.45, 7) is 2.33. The number of likely N-dealkylation sites (N-methyl/N-ethyl adjacent to an activating group) is 1. The van der Waals surface area contributed by atoms with Gasteiger partial charge in [-0.2, -0.15) is 0 Å². The van der Waals surface area contributed by atoms with Gasteiger partial charge in [0.25, 0.3) is 0 Å². The first-order valence-corrected chi connectivity index (χ1v) is 7.03. The number of hydrogen-bond acceptors (Lipinski definition) is 2. The Hall–Kier alpha value is -2.16. The fourth-order valence-corrected chi connectivity index (χ4v) is 3.54. The number of rotatable bonds is 2. The lowest BCUT2D eigenvalue weighted by molar-refractivity contribution is -0.141. The van der Waals surface area contributed by atoms with Crippen molar-refractivity contribution in [1.82, 2.24) is 4.90 Å². The van der Waals surface area contributed by atoms with Crippen molar-refractivity contribution in [3.05, 3.63) is 48.0 Å². The molecule has 2 unspecified atom stereocenters. The molecule has 0 spiro atoms. The highest BCUT2D eigenvalue weighted by atomic mass is 16.2. The number of fused-ring (bicyclic) bond motifs is 2. The van der Waals surface area contributed by atoms with Crippen LogP contribution < -0.4 is 0 Å². The molecule has 2 aromatic rings. The number of likely N-dealkylation sites (tertiary alicyclic amines) is 1. The van der Waals surface area contributed by atoms with E-state index >= 15 is 0 Å². The molecule has 1 saturated carbocycles. The summed E-state index contributed by atoms with van der Waals surface area (Å²) in [5, 5.41) is 2.29. The van der Waals surface area contributed by atoms with Crippen LogP contribution in [0.25, 0.3) is 10.8 Å². The van der Waals surface area contributed by atoms with Crippen molar-refractivity contribution >= 4 is 22.6 Å². The standard InChI is InChI=1S/C17H15NO2/c1-2-18-15(19)14-10-17(14,16(18)20)13-8-7-11-5-3-4-6-12(11)9-13/h3-9,14H,2,10H2,1H3. The predicted molar refractivity (Wildman–Crippen MR) is 76.1 cm³/mol. The summed E-state index contributed by atoms with van der Waals surface area (Å²) in [6.07, 6.45) is 0.680. The number of carbonyl (C=O) groups is 2. The normalized spacial score (nSPS) is 28.1. The monoisotopic (exact) mass is 265 g/mol. The number of amides is 2. The van der Waals surface area contributed by atoms with Crippen LogP contribution >= 0.6 is 0 Å². The van der Waals surface area contributed by atoms with Gasteiger partial charge in [0.2, 0.25) is 11.8 Å². The van der Waals surface area contributed by atoms with E-state index in [2.05, 4.69) is 12.1 Å². The average molecular weight is 265 g/mol. The van der Waals surface area contributed by atoms with E-state index in [4.69, 9.17) is 0 Å². The summed E-state index contributed by atoms with van der Waals surface area (Å²) >= 11 is 0. The molecule has 3 nitrogen and oxygen atoms in total. The largest absolute Gasteiger partial charge is 0.282 e. The van der Waals surface area contributed by atoms with Crippen LogP contribution in [-0.2, 0) is 15.0 Å². The molecule has 1 heterocycles. The molecule has 1 saturated heterocycles. The third-order valence-corrected chi connectivity index (χ3v) is 4.73. The van der Waals surface area contributed by atoms with Gasteiger partial charge in [0.1, 0.15) is 0 Å². The zero-order valence-electron chi connectivity index (χ0n) is 11.3. The van der Waals surface area contributed by atoms with E-state index in [1.54, 1.807) is 0 Å². The SMILES string of the molecule is CCN1C(=O)C2CC2(c2ccc3ccccc3c2)C1=O. The molecular weight excluding hydrogens is 250 g/mol. The van der Waals surface area contributed by atoms with Gasteiger partial charge in [-0.05, 0) is 29.7 Å². The molecule has 2 aromatic carbocycles. The Morgan fingerprint density at radius 2 is 1.90 bits per heavy atom. The van der Waals surface area contributed by atoms with Crippen molar-refractivity contribution < 1.29 is 9.59 Å². The van der Waals surface area contributed by atoms with Gasteiger partial charge in [-0.25, -0.2) is 0 Å². The zero-order chi connectivity index (χ0) is 13.9. The predicted octanol–water partition coefficient (Wildman–Crippen LogP) is 2.49. The summed E-state index contributed by atoms with van der Waals surface area (Å²) in [6, 6.07) is 14.2. The molecule has 1 aliphatic heterocycles. The molecule has 0 bridgehead atoms. The maximum Gasteiger partial charge on any atom is 0.240 e. The van der Waals surface area contributed by atoms with Crippen LogP contribution in [0.2, 0.25) is 0 Å². The van der Waals surface area contributed by atoms with Crippen LogP contribution in [0.4, 0.5) is 0 Å². The zero-order valence-corrected chi connectivity index (χ0v) is 11.3. The van der Waals surface area contributed by atoms with E-state index in [1.807, 2.05) is 37.3 Å². The van der Waals surface area contributed by atoms with Crippen molar-refractivity contribution in [3.8, 4) is 0 Å². The Bertz CT molecular complexity index is 751. The number of nitrogens with zero attached hydrogens (tertiary/aromatic N) is 1. The molecule has 0 radical (unpaired) electrons. The molecule has 20 heavy (non-hydrogen) atoms. The van der Waals surface area contributed by atoms with Crippen LogP contribution in [-0.4, -0.2) is 23.3 Å². The molecule has 2 amide bonds. The van der Waals surface area contributed by atoms with Crippen molar-refractivity contribution in [2.24, 2.45) is 5.92 Å². The van der Waals surface area contributed by atoms with Crippen LogP contribution in [0, 0.1) is 5.92 Å². The van der Waals surface area contributed by atoms with Gasteiger partial charge in [0, 0.05) is 6.54 Å². The van der Waals surface area contributed by atoms with E-state index in [1.165, 1.54) is 4.90 Å². The van der Waals surface area contributed by atoms with E-state index in [-0.39, 0.29) is 17.7 Å². The Balaban J connectivity index is 1.84. The number of benzene rings is 2. The number of hydrogen-bond donors (Lipinski definition) is 0. The van der Waals surface area contributed by atoms with Gasteiger partial charge >= 0.3 is 0 Å². The highest BCUT2D eigenvalue weighted by Gasteiger charge is 2.72. The Morgan fingerprint density at radius 1 is 1.15 bits per heavy atom. The molecule has 0 aromatic heterocycles. The second-order valence-electron chi connectivity index (χ2n) is 5.68. The quantitative estimate of drug-likeness (QED) is 0.782. The maximum absolute atomic E-state index is 12.6. The lowest BCUT2D eigenvalue weighted by atomic mass is 9.92. The van der Waals surface area contributed by atoms with Gasteiger partial charge in [-0.15, -0.1) is 0 Å². The summed E-state index contributed by atoms with van der Waals surface area (Å²) in [7, 11) is 0. The molecule has 4 rings (SSSR count). The molecule has 100 valence electrons. The van der Waals surface area contributed by atoms with Crippen molar-refractivity contribution in [1.29, 1.82) is 0 Å². The number of imide groups is 1. The highest BCUT2D eigenvalue weighted by molar-refractivity contribution is 6.15. The number of piperidine rings is 1. The second-order valence-corrected chi connectivity index (χ2v) is 5.68. The van der Waals surface area contributed by atoms with E-state index in [9.17, 15) is 9.59 Å². The van der Waals surface area contributed by atoms with Crippen LogP contribution in [0.3, 0.4) is 0 Å². The first-order chi connectivity index (χ1) is 9.68. The Kier molecular flexibility index (Phi) is 2.15. The average Bonchev–Trinajstić information content (AvgIpc) is 3.19. The van der Waals surface area contributed by atoms with Gasteiger partial charge < -0.3 is 0 Å². The van der Waals surface area contributed by atoms with Crippen molar-refractivity contribution in [2.75, 3.05) is 6.54 Å². The molecule has 2 aliphatic rings. The minimum Gasteiger partial charge on any atom is -0.282 e. The van der Waals surface area contributed by atoms with E-state index in [0.29, 0.717) is 13.0 Å². The maximum atomic E-state index is 12.6. The lowest BCUT2D eigenvalue weighted by Crippen LogP contribution is -2.36. The summed E-state index contributed by atoms with van der Waals surface area (Å²) < 4.78 is 0. The van der Waals surface area contributed by atoms with Crippen molar-refractivity contribution in [2.45, 2.75) is 18.8 Å². The summed E-state index contributed by atoms with van der Waals surface area (Å²) in [4.78, 5) is 26.1. The minimum absolute atomic E-state index is 0.00524. The first-order valence-electron chi connectivity index (χ1n) is 7.03. The third-order valence-electron chi connectivity index (χ3n) is 4.73.